The summed E-state index contributed by atoms with van der Waals surface area (Å²) in [6.07, 6.45) is -33.6. The van der Waals surface area contributed by atoms with Gasteiger partial charge in [-0.2, -0.15) is 0 Å². The predicted octanol–water partition coefficient (Wildman–Crippen LogP) is -7.85. The van der Waals surface area contributed by atoms with Crippen molar-refractivity contribution in [3.05, 3.63) is 0 Å². The van der Waals surface area contributed by atoms with E-state index in [2.05, 4.69) is 0 Å². The minimum atomic E-state index is -2.15. The Bertz CT molecular complexity index is 868. The minimum Gasteiger partial charge on any atom is -0.394 e. The predicted molar refractivity (Wildman–Crippen MR) is 132 cm³/mol. The Hall–Kier alpha value is -1.05. The molecule has 19 atom stereocenters. The molecule has 252 valence electrons. The van der Waals surface area contributed by atoms with Crippen LogP contribution >= 0.6 is 0 Å². The number of hydrogen-bond donors (Lipinski definition) is 12. The van der Waals surface area contributed by atoms with E-state index in [0.29, 0.717) is 0 Å². The molecule has 12 N–H and O–H groups in total. The first-order chi connectivity index (χ1) is 20.2. The van der Waals surface area contributed by atoms with E-state index in [0.717, 1.165) is 0 Å². The normalized spacial score (nSPS) is 47.0. The Morgan fingerprint density at radius 3 is 1.72 bits per heavy atom. The molecule has 3 aliphatic rings. The summed E-state index contributed by atoms with van der Waals surface area (Å²) in [5.74, 6) is 0. The molecule has 0 bridgehead atoms. The van der Waals surface area contributed by atoms with E-state index in [9.17, 15) is 66.1 Å². The second-order valence-corrected chi connectivity index (χ2v) is 10.7. The molecular formula is C24H42O19. The van der Waals surface area contributed by atoms with Gasteiger partial charge in [-0.3, -0.25) is 0 Å². The lowest BCUT2D eigenvalue weighted by atomic mass is 9.97. The van der Waals surface area contributed by atoms with Gasteiger partial charge in [-0.15, -0.1) is 0 Å². The number of ether oxygens (including phenoxy) is 6. The molecule has 3 fully saturated rings. The molecule has 0 aliphatic carbocycles. The van der Waals surface area contributed by atoms with Crippen molar-refractivity contribution in [1.29, 1.82) is 0 Å². The second kappa shape index (κ2) is 15.5. The third kappa shape index (κ3) is 7.85. The molecule has 0 saturated carbocycles. The van der Waals surface area contributed by atoms with Gasteiger partial charge in [-0.1, -0.05) is 0 Å². The van der Waals surface area contributed by atoms with Gasteiger partial charge < -0.3 is 94.5 Å². The average molecular weight is 635 g/mol. The van der Waals surface area contributed by atoms with Crippen molar-refractivity contribution in [1.82, 2.24) is 0 Å². The van der Waals surface area contributed by atoms with Gasteiger partial charge in [0.25, 0.3) is 0 Å². The molecule has 0 unspecified atom stereocenters. The van der Waals surface area contributed by atoms with Crippen molar-refractivity contribution in [3.63, 3.8) is 0 Å². The molecule has 0 aromatic rings. The van der Waals surface area contributed by atoms with Crippen molar-refractivity contribution >= 4 is 6.29 Å². The number of aliphatic hydroxyl groups is 12. The standard InChI is InChI=1S/C24H42O19/c1-6-11(29)15(33)18(36)22(38-6)42-20(13(31)8(28)3-25)10(5-27)41-24-21(17(35)14(32)9(4-26)40-24)43-23-19(37)16(34)12(30)7(2)39-23/h5-26,28-37H,3-4H2,1-2H3/t6-,7-,8+,9+,10-,11+,12+,13+,14-,15+,16+,17-,18-,19-,20+,21+,22-,23-,24+/m0/s1. The van der Waals surface area contributed by atoms with E-state index in [4.69, 9.17) is 28.4 Å². The Labute approximate surface area is 244 Å². The summed E-state index contributed by atoms with van der Waals surface area (Å²) in [4.78, 5) is 12.3. The van der Waals surface area contributed by atoms with Crippen LogP contribution in [-0.4, -0.2) is 197 Å². The molecule has 0 aromatic carbocycles. The first kappa shape index (κ1) is 36.4. The molecule has 3 aliphatic heterocycles. The number of rotatable bonds is 12. The molecule has 3 rings (SSSR count). The molecule has 19 nitrogen and oxygen atoms in total. The van der Waals surface area contributed by atoms with Crippen LogP contribution in [0.4, 0.5) is 0 Å². The lowest BCUT2D eigenvalue weighted by molar-refractivity contribution is -0.374. The summed E-state index contributed by atoms with van der Waals surface area (Å²) in [7, 11) is 0. The van der Waals surface area contributed by atoms with E-state index < -0.39 is 130 Å². The monoisotopic (exact) mass is 634 g/mol. The van der Waals surface area contributed by atoms with Crippen LogP contribution in [0.2, 0.25) is 0 Å². The highest BCUT2D eigenvalue weighted by molar-refractivity contribution is 5.57. The summed E-state index contributed by atoms with van der Waals surface area (Å²) in [6.45, 7) is 0.721. The molecule has 3 heterocycles. The Morgan fingerprint density at radius 1 is 0.674 bits per heavy atom. The largest absolute Gasteiger partial charge is 0.394 e. The highest BCUT2D eigenvalue weighted by Gasteiger charge is 2.52. The summed E-state index contributed by atoms with van der Waals surface area (Å²) in [5, 5.41) is 122. The maximum atomic E-state index is 12.3. The van der Waals surface area contributed by atoms with Gasteiger partial charge in [-0.05, 0) is 13.8 Å². The van der Waals surface area contributed by atoms with Crippen LogP contribution < -0.4 is 0 Å². The molecule has 0 amide bonds. The van der Waals surface area contributed by atoms with Crippen LogP contribution in [0.5, 0.6) is 0 Å². The van der Waals surface area contributed by atoms with Crippen molar-refractivity contribution in [2.45, 2.75) is 130 Å². The van der Waals surface area contributed by atoms with Crippen LogP contribution in [-0.2, 0) is 33.2 Å². The summed E-state index contributed by atoms with van der Waals surface area (Å²) < 4.78 is 32.8. The fourth-order valence-corrected chi connectivity index (χ4v) is 4.89. The van der Waals surface area contributed by atoms with Gasteiger partial charge >= 0.3 is 0 Å². The maximum Gasteiger partial charge on any atom is 0.188 e. The van der Waals surface area contributed by atoms with Crippen molar-refractivity contribution < 1.29 is 94.5 Å². The van der Waals surface area contributed by atoms with Gasteiger partial charge in [0.05, 0.1) is 25.4 Å². The molecule has 3 saturated heterocycles. The number of aliphatic hydroxyl groups excluding tert-OH is 12. The zero-order chi connectivity index (χ0) is 32.3. The fourth-order valence-electron chi connectivity index (χ4n) is 4.89. The molecule has 0 radical (unpaired) electrons. The molecule has 0 spiro atoms. The smallest absolute Gasteiger partial charge is 0.188 e. The lowest BCUT2D eigenvalue weighted by Crippen LogP contribution is -2.65. The number of carbonyl (C=O) groups is 1. The van der Waals surface area contributed by atoms with Crippen molar-refractivity contribution in [2.24, 2.45) is 0 Å². The third-order valence-corrected chi connectivity index (χ3v) is 7.69. The van der Waals surface area contributed by atoms with Gasteiger partial charge in [-0.25, -0.2) is 0 Å². The highest BCUT2D eigenvalue weighted by atomic mass is 16.8. The van der Waals surface area contributed by atoms with E-state index in [-0.39, 0.29) is 6.29 Å². The third-order valence-electron chi connectivity index (χ3n) is 7.69. The fraction of sp³-hybridized carbons (Fsp3) is 0.958. The van der Waals surface area contributed by atoms with E-state index in [1.807, 2.05) is 0 Å². The highest BCUT2D eigenvalue weighted by Crippen LogP contribution is 2.32. The summed E-state index contributed by atoms with van der Waals surface area (Å²) in [5.41, 5.74) is 0. The first-order valence-electron chi connectivity index (χ1n) is 13.6. The number of hydrogen-bond acceptors (Lipinski definition) is 19. The van der Waals surface area contributed by atoms with E-state index in [1.165, 1.54) is 13.8 Å². The zero-order valence-corrected chi connectivity index (χ0v) is 23.2. The van der Waals surface area contributed by atoms with Gasteiger partial charge in [0.15, 0.2) is 25.2 Å². The van der Waals surface area contributed by atoms with Crippen LogP contribution in [0, 0.1) is 0 Å². The van der Waals surface area contributed by atoms with Gasteiger partial charge in [0, 0.05) is 0 Å². The zero-order valence-electron chi connectivity index (χ0n) is 23.2. The quantitative estimate of drug-likeness (QED) is 0.0887. The van der Waals surface area contributed by atoms with E-state index in [1.54, 1.807) is 0 Å². The summed E-state index contributed by atoms with van der Waals surface area (Å²) >= 11 is 0. The Kier molecular flexibility index (Phi) is 13.1. The first-order valence-corrected chi connectivity index (χ1v) is 13.6. The summed E-state index contributed by atoms with van der Waals surface area (Å²) in [6, 6.07) is 0. The second-order valence-electron chi connectivity index (χ2n) is 10.7. The average Bonchev–Trinajstić information content (AvgIpc) is 2.99. The van der Waals surface area contributed by atoms with Crippen molar-refractivity contribution in [2.75, 3.05) is 13.2 Å². The number of carbonyl (C=O) groups excluding carboxylic acids is 1. The van der Waals surface area contributed by atoms with Crippen LogP contribution in [0.15, 0.2) is 0 Å². The van der Waals surface area contributed by atoms with Crippen molar-refractivity contribution in [3.8, 4) is 0 Å². The molecular weight excluding hydrogens is 592 g/mol. The molecule has 43 heavy (non-hydrogen) atoms. The SMILES string of the molecule is C[C@@H]1O[C@@H](O[C@H]2[C@@H](O[C@@H](C=O)[C@@H](O[C@@H]3O[C@@H](C)[C@@H](O)[C@@H](O)[C@@H]3O)[C@H](O)[C@H](O)CO)O[C@H](CO)[C@H](O)[C@@H]2O)[C@@H](O)[C@H](O)[C@@H]1O. The maximum absolute atomic E-state index is 12.3. The van der Waals surface area contributed by atoms with Crippen LogP contribution in [0.3, 0.4) is 0 Å². The van der Waals surface area contributed by atoms with Crippen LogP contribution in [0.1, 0.15) is 13.8 Å². The Balaban J connectivity index is 1.91. The topological polar surface area (TPSA) is 315 Å². The lowest BCUT2D eigenvalue weighted by Gasteiger charge is -2.47. The minimum absolute atomic E-state index is 0.0296. The molecule has 0 aromatic heterocycles. The van der Waals surface area contributed by atoms with Crippen LogP contribution in [0.25, 0.3) is 0 Å². The molecule has 19 heteroatoms. The van der Waals surface area contributed by atoms with Gasteiger partial charge in [0.1, 0.15) is 85.5 Å². The van der Waals surface area contributed by atoms with E-state index >= 15 is 0 Å². The number of aldehydes is 1. The Morgan fingerprint density at radius 2 is 1.21 bits per heavy atom. The van der Waals surface area contributed by atoms with Gasteiger partial charge in [0.2, 0.25) is 0 Å².